The lowest BCUT2D eigenvalue weighted by atomic mass is 10.1. The average molecular weight is 327 g/mol. The SMILES string of the molecule is Cc1ccc(C2=N/C(=C\c3ccc4ccccc4c3)C(=O)O2)cc1C. The van der Waals surface area contributed by atoms with E-state index in [0.717, 1.165) is 27.5 Å². The molecule has 0 spiro atoms. The summed E-state index contributed by atoms with van der Waals surface area (Å²) in [4.78, 5) is 16.6. The number of cyclic esters (lactones) is 1. The monoisotopic (exact) mass is 327 g/mol. The van der Waals surface area contributed by atoms with Gasteiger partial charge in [-0.1, -0.05) is 42.5 Å². The number of hydrogen-bond acceptors (Lipinski definition) is 3. The van der Waals surface area contributed by atoms with Crippen LogP contribution in [0.25, 0.3) is 16.8 Å². The molecule has 0 aromatic heterocycles. The fourth-order valence-corrected chi connectivity index (χ4v) is 2.86. The van der Waals surface area contributed by atoms with Gasteiger partial charge in [0.15, 0.2) is 5.70 Å². The number of esters is 1. The summed E-state index contributed by atoms with van der Waals surface area (Å²) >= 11 is 0. The highest BCUT2D eigenvalue weighted by atomic mass is 16.6. The summed E-state index contributed by atoms with van der Waals surface area (Å²) in [5.74, 6) is -0.0541. The Kier molecular flexibility index (Phi) is 3.69. The average Bonchev–Trinajstić information content (AvgIpc) is 2.98. The van der Waals surface area contributed by atoms with Crippen molar-refractivity contribution in [3.8, 4) is 0 Å². The zero-order valence-electron chi connectivity index (χ0n) is 14.1. The Bertz CT molecular complexity index is 1060. The van der Waals surface area contributed by atoms with Gasteiger partial charge in [-0.05, 0) is 65.6 Å². The third-order valence-electron chi connectivity index (χ3n) is 4.45. The van der Waals surface area contributed by atoms with Crippen molar-refractivity contribution < 1.29 is 9.53 Å². The van der Waals surface area contributed by atoms with E-state index in [1.807, 2.05) is 68.4 Å². The van der Waals surface area contributed by atoms with E-state index in [-0.39, 0.29) is 0 Å². The van der Waals surface area contributed by atoms with Gasteiger partial charge in [0.1, 0.15) is 0 Å². The number of aryl methyl sites for hydroxylation is 2. The molecule has 0 atom stereocenters. The number of ether oxygens (including phenoxy) is 1. The normalized spacial score (nSPS) is 15.5. The first-order valence-electron chi connectivity index (χ1n) is 8.19. The molecule has 1 aliphatic rings. The van der Waals surface area contributed by atoms with Gasteiger partial charge >= 0.3 is 5.97 Å². The fourth-order valence-electron chi connectivity index (χ4n) is 2.86. The summed E-state index contributed by atoms with van der Waals surface area (Å²) in [6, 6.07) is 20.1. The van der Waals surface area contributed by atoms with E-state index in [2.05, 4.69) is 11.1 Å². The number of hydrogen-bond donors (Lipinski definition) is 0. The first-order chi connectivity index (χ1) is 12.1. The van der Waals surface area contributed by atoms with Gasteiger partial charge in [-0.15, -0.1) is 0 Å². The van der Waals surface area contributed by atoms with Crippen LogP contribution in [-0.4, -0.2) is 11.9 Å². The molecule has 3 aromatic carbocycles. The number of nitrogens with zero attached hydrogens (tertiary/aromatic N) is 1. The van der Waals surface area contributed by atoms with Crippen molar-refractivity contribution in [2.45, 2.75) is 13.8 Å². The second-order valence-electron chi connectivity index (χ2n) is 6.24. The highest BCUT2D eigenvalue weighted by Crippen LogP contribution is 2.22. The maximum atomic E-state index is 12.2. The molecule has 0 N–H and O–H groups in total. The zero-order valence-corrected chi connectivity index (χ0v) is 14.1. The van der Waals surface area contributed by atoms with E-state index in [1.54, 1.807) is 6.08 Å². The molecular weight excluding hydrogens is 310 g/mol. The molecule has 0 saturated carbocycles. The summed E-state index contributed by atoms with van der Waals surface area (Å²) in [5, 5.41) is 2.29. The van der Waals surface area contributed by atoms with Gasteiger partial charge in [0.05, 0.1) is 0 Å². The summed E-state index contributed by atoms with van der Waals surface area (Å²) < 4.78 is 5.36. The van der Waals surface area contributed by atoms with Crippen molar-refractivity contribution in [1.82, 2.24) is 0 Å². The van der Waals surface area contributed by atoms with Crippen molar-refractivity contribution in [2.75, 3.05) is 0 Å². The third kappa shape index (κ3) is 2.96. The van der Waals surface area contributed by atoms with E-state index in [9.17, 15) is 4.79 Å². The molecule has 0 unspecified atom stereocenters. The van der Waals surface area contributed by atoms with Crippen LogP contribution < -0.4 is 0 Å². The molecule has 0 aliphatic carbocycles. The minimum atomic E-state index is -0.415. The molecule has 0 amide bonds. The van der Waals surface area contributed by atoms with Gasteiger partial charge in [0, 0.05) is 5.56 Å². The predicted octanol–water partition coefficient (Wildman–Crippen LogP) is 4.80. The molecule has 3 nitrogen and oxygen atoms in total. The van der Waals surface area contributed by atoms with Crippen molar-refractivity contribution in [2.24, 2.45) is 4.99 Å². The molecule has 1 aliphatic heterocycles. The molecule has 0 radical (unpaired) electrons. The van der Waals surface area contributed by atoms with Crippen LogP contribution in [0.15, 0.2) is 71.4 Å². The first-order valence-corrected chi connectivity index (χ1v) is 8.19. The smallest absolute Gasteiger partial charge is 0.363 e. The molecule has 1 heterocycles. The Balaban J connectivity index is 1.71. The number of fused-ring (bicyclic) bond motifs is 1. The Morgan fingerprint density at radius 3 is 2.48 bits per heavy atom. The standard InChI is InChI=1S/C22H17NO2/c1-14-7-9-19(11-15(14)2)21-23-20(22(24)25-21)13-16-8-10-17-5-3-4-6-18(17)12-16/h3-13H,1-2H3/b20-13-. The van der Waals surface area contributed by atoms with Crippen LogP contribution in [0.5, 0.6) is 0 Å². The Labute approximate surface area is 146 Å². The molecule has 0 bridgehead atoms. The maximum Gasteiger partial charge on any atom is 0.363 e. The highest BCUT2D eigenvalue weighted by molar-refractivity contribution is 6.13. The van der Waals surface area contributed by atoms with Crippen LogP contribution >= 0.6 is 0 Å². The van der Waals surface area contributed by atoms with Gasteiger partial charge in [-0.3, -0.25) is 0 Å². The van der Waals surface area contributed by atoms with Gasteiger partial charge in [-0.2, -0.15) is 0 Å². The molecular formula is C22H17NO2. The van der Waals surface area contributed by atoms with Crippen molar-refractivity contribution in [1.29, 1.82) is 0 Å². The summed E-state index contributed by atoms with van der Waals surface area (Å²) in [6.07, 6.45) is 1.77. The Hall–Kier alpha value is -3.20. The molecule has 0 saturated heterocycles. The lowest BCUT2D eigenvalue weighted by Crippen LogP contribution is -2.05. The molecule has 0 fully saturated rings. The second-order valence-corrected chi connectivity index (χ2v) is 6.24. The Morgan fingerprint density at radius 1 is 0.880 bits per heavy atom. The minimum Gasteiger partial charge on any atom is -0.402 e. The minimum absolute atomic E-state index is 0.323. The quantitative estimate of drug-likeness (QED) is 0.501. The van der Waals surface area contributed by atoms with E-state index in [1.165, 1.54) is 5.56 Å². The van der Waals surface area contributed by atoms with Gasteiger partial charge in [0.25, 0.3) is 0 Å². The molecule has 122 valence electrons. The van der Waals surface area contributed by atoms with Crippen LogP contribution in [0.2, 0.25) is 0 Å². The zero-order chi connectivity index (χ0) is 17.4. The molecule has 3 aromatic rings. The van der Waals surface area contributed by atoms with Crippen LogP contribution in [0, 0.1) is 13.8 Å². The summed E-state index contributed by atoms with van der Waals surface area (Å²) in [6.45, 7) is 4.08. The number of benzene rings is 3. The van der Waals surface area contributed by atoms with E-state index >= 15 is 0 Å². The Morgan fingerprint density at radius 2 is 1.68 bits per heavy atom. The number of carbonyl (C=O) groups is 1. The second kappa shape index (κ2) is 6.02. The van der Waals surface area contributed by atoms with Crippen LogP contribution in [-0.2, 0) is 9.53 Å². The van der Waals surface area contributed by atoms with Crippen LogP contribution in [0.4, 0.5) is 0 Å². The maximum absolute atomic E-state index is 12.2. The first kappa shape index (κ1) is 15.3. The largest absolute Gasteiger partial charge is 0.402 e. The third-order valence-corrected chi connectivity index (χ3v) is 4.45. The van der Waals surface area contributed by atoms with Crippen molar-refractivity contribution >= 4 is 28.7 Å². The summed E-state index contributed by atoms with van der Waals surface area (Å²) in [5.41, 5.74) is 4.40. The van der Waals surface area contributed by atoms with E-state index in [0.29, 0.717) is 11.6 Å². The lowest BCUT2D eigenvalue weighted by Gasteiger charge is -2.03. The van der Waals surface area contributed by atoms with E-state index in [4.69, 9.17) is 4.74 Å². The number of aliphatic imine (C=N–C) groups is 1. The van der Waals surface area contributed by atoms with Crippen molar-refractivity contribution in [3.05, 3.63) is 88.6 Å². The topological polar surface area (TPSA) is 38.7 Å². The van der Waals surface area contributed by atoms with Gasteiger partial charge in [-0.25, -0.2) is 9.79 Å². The molecule has 3 heteroatoms. The summed E-state index contributed by atoms with van der Waals surface area (Å²) in [7, 11) is 0. The number of rotatable bonds is 2. The molecule has 4 rings (SSSR count). The highest BCUT2D eigenvalue weighted by Gasteiger charge is 2.24. The van der Waals surface area contributed by atoms with E-state index < -0.39 is 5.97 Å². The fraction of sp³-hybridized carbons (Fsp3) is 0.0909. The van der Waals surface area contributed by atoms with Crippen LogP contribution in [0.3, 0.4) is 0 Å². The molecule has 25 heavy (non-hydrogen) atoms. The van der Waals surface area contributed by atoms with Crippen LogP contribution in [0.1, 0.15) is 22.3 Å². The van der Waals surface area contributed by atoms with Gasteiger partial charge in [0.2, 0.25) is 5.90 Å². The predicted molar refractivity (Wildman–Crippen MR) is 100 cm³/mol. The lowest BCUT2D eigenvalue weighted by molar-refractivity contribution is -0.129. The van der Waals surface area contributed by atoms with Crippen molar-refractivity contribution in [3.63, 3.8) is 0 Å². The number of carbonyl (C=O) groups excluding carboxylic acids is 1. The van der Waals surface area contributed by atoms with Gasteiger partial charge < -0.3 is 4.74 Å².